The molecule has 2 heterocycles. The molecule has 0 saturated heterocycles. The Morgan fingerprint density at radius 2 is 1.96 bits per heavy atom. The van der Waals surface area contributed by atoms with Crippen LogP contribution in [0.5, 0.6) is 0 Å². The average Bonchev–Trinajstić information content (AvgIpc) is 3.00. The number of para-hydroxylation sites is 1. The average molecular weight is 505 g/mol. The lowest BCUT2D eigenvalue weighted by atomic mass is 10.1. The zero-order chi connectivity index (χ0) is 19.1. The van der Waals surface area contributed by atoms with E-state index in [9.17, 15) is 10.1 Å². The van der Waals surface area contributed by atoms with Crippen LogP contribution >= 0.6 is 11.8 Å². The van der Waals surface area contributed by atoms with Crippen molar-refractivity contribution in [3.8, 4) is 0 Å². The third-order valence-electron chi connectivity index (χ3n) is 4.93. The van der Waals surface area contributed by atoms with E-state index in [1.165, 1.54) is 11.8 Å². The topological polar surface area (TPSA) is 50.3 Å². The second-order valence-corrected chi connectivity index (χ2v) is 7.60. The molecule has 28 heavy (non-hydrogen) atoms. The number of nitro groups is 1. The number of hydrogen-bond donors (Lipinski definition) is 0. The Morgan fingerprint density at radius 3 is 2.68 bits per heavy atom. The second kappa shape index (κ2) is 8.08. The Hall–Kier alpha value is -2.13. The first-order chi connectivity index (χ1) is 13.0. The zero-order valence-corrected chi connectivity index (χ0v) is 18.8. The lowest BCUT2D eigenvalue weighted by Crippen LogP contribution is -3.00. The van der Waals surface area contributed by atoms with Crippen LogP contribution in [0.4, 0.5) is 11.4 Å². The molecular formula is C21H20IN3O2S. The molecule has 5 nitrogen and oxygen atoms in total. The maximum atomic E-state index is 11.6. The lowest BCUT2D eigenvalue weighted by Gasteiger charge is -2.18. The van der Waals surface area contributed by atoms with Crippen molar-refractivity contribution >= 4 is 40.1 Å². The summed E-state index contributed by atoms with van der Waals surface area (Å²) in [5.74, 6) is 0. The Balaban J connectivity index is 0.00000225. The number of thioether (sulfide) groups is 1. The van der Waals surface area contributed by atoms with Crippen molar-refractivity contribution in [2.75, 3.05) is 11.4 Å². The van der Waals surface area contributed by atoms with Crippen LogP contribution in [0.3, 0.4) is 0 Å². The molecule has 0 saturated carbocycles. The fourth-order valence-corrected chi connectivity index (χ4v) is 4.91. The van der Waals surface area contributed by atoms with Crippen LogP contribution < -0.4 is 33.4 Å². The van der Waals surface area contributed by atoms with E-state index in [1.807, 2.05) is 37.5 Å². The summed E-state index contributed by atoms with van der Waals surface area (Å²) in [5, 5.41) is 13.8. The molecule has 1 aliphatic heterocycles. The van der Waals surface area contributed by atoms with Gasteiger partial charge >= 0.3 is 0 Å². The smallest absolute Gasteiger partial charge is 0.288 e. The van der Waals surface area contributed by atoms with Gasteiger partial charge in [-0.15, -0.1) is 0 Å². The number of rotatable bonds is 3. The Morgan fingerprint density at radius 1 is 1.21 bits per heavy atom. The monoisotopic (exact) mass is 505 g/mol. The van der Waals surface area contributed by atoms with Crippen molar-refractivity contribution in [3.63, 3.8) is 0 Å². The van der Waals surface area contributed by atoms with E-state index in [4.69, 9.17) is 0 Å². The zero-order valence-electron chi connectivity index (χ0n) is 15.8. The first-order valence-corrected chi connectivity index (χ1v) is 9.65. The molecule has 0 amide bonds. The number of pyridine rings is 1. The van der Waals surface area contributed by atoms with Gasteiger partial charge in [0, 0.05) is 24.2 Å². The van der Waals surface area contributed by atoms with Crippen molar-refractivity contribution in [1.29, 1.82) is 0 Å². The molecule has 144 valence electrons. The van der Waals surface area contributed by atoms with Gasteiger partial charge in [0.15, 0.2) is 6.20 Å². The van der Waals surface area contributed by atoms with Crippen molar-refractivity contribution in [3.05, 3.63) is 74.9 Å². The Labute approximate surface area is 185 Å². The molecule has 3 aromatic rings. The highest BCUT2D eigenvalue weighted by Gasteiger charge is 2.32. The van der Waals surface area contributed by atoms with E-state index in [0.717, 1.165) is 38.6 Å². The SMILES string of the molecule is CCN1/C(=C\c2cc[n+](C)c3ccccc23)Sc2c1ccc(C)c2[N+](=O)[O-].[I-]. The molecule has 1 aliphatic rings. The quantitative estimate of drug-likeness (QED) is 0.236. The first-order valence-electron chi connectivity index (χ1n) is 8.83. The summed E-state index contributed by atoms with van der Waals surface area (Å²) in [5.41, 5.74) is 4.08. The van der Waals surface area contributed by atoms with E-state index < -0.39 is 0 Å². The fourth-order valence-electron chi connectivity index (χ4n) is 3.56. The van der Waals surface area contributed by atoms with Gasteiger partial charge < -0.3 is 28.9 Å². The number of halogens is 1. The molecule has 0 unspecified atom stereocenters. The Bertz CT molecular complexity index is 1110. The molecule has 0 radical (unpaired) electrons. The number of anilines is 1. The standard InChI is InChI=1S/C21H20N3O2S.HI/c1-4-23-18-10-9-14(2)20(24(25)26)21(18)27-19(23)13-15-11-12-22(3)17-8-6-5-7-16(15)17;/h5-13H,4H2,1-3H3;1H/q+1;/p-1. The van der Waals surface area contributed by atoms with Gasteiger partial charge in [-0.3, -0.25) is 10.1 Å². The number of nitro benzene ring substituents is 1. The molecule has 7 heteroatoms. The van der Waals surface area contributed by atoms with Gasteiger partial charge in [0.2, 0.25) is 5.52 Å². The van der Waals surface area contributed by atoms with Crippen molar-refractivity contribution in [2.45, 2.75) is 18.7 Å². The number of aromatic nitrogens is 1. The predicted molar refractivity (Wildman–Crippen MR) is 110 cm³/mol. The van der Waals surface area contributed by atoms with Crippen LogP contribution in [-0.4, -0.2) is 11.5 Å². The molecule has 0 spiro atoms. The van der Waals surface area contributed by atoms with Gasteiger partial charge in [-0.05, 0) is 37.6 Å². The van der Waals surface area contributed by atoms with E-state index in [0.29, 0.717) is 5.56 Å². The molecule has 2 aromatic carbocycles. The van der Waals surface area contributed by atoms with Gasteiger partial charge in [0.1, 0.15) is 11.9 Å². The van der Waals surface area contributed by atoms with Crippen LogP contribution in [0.25, 0.3) is 17.0 Å². The number of benzene rings is 2. The molecule has 0 aliphatic carbocycles. The van der Waals surface area contributed by atoms with Gasteiger partial charge in [-0.2, -0.15) is 0 Å². The highest BCUT2D eigenvalue weighted by molar-refractivity contribution is 8.04. The third kappa shape index (κ3) is 3.37. The molecule has 0 bridgehead atoms. The van der Waals surface area contributed by atoms with E-state index in [2.05, 4.69) is 40.7 Å². The highest BCUT2D eigenvalue weighted by atomic mass is 127. The number of hydrogen-bond acceptors (Lipinski definition) is 4. The summed E-state index contributed by atoms with van der Waals surface area (Å²) in [7, 11) is 2.03. The lowest BCUT2D eigenvalue weighted by molar-refractivity contribution is -0.644. The van der Waals surface area contributed by atoms with E-state index >= 15 is 0 Å². The minimum atomic E-state index is -0.268. The number of nitrogens with zero attached hydrogens (tertiary/aromatic N) is 3. The fraction of sp³-hybridized carbons (Fsp3) is 0.190. The summed E-state index contributed by atoms with van der Waals surface area (Å²) < 4.78 is 2.10. The molecule has 0 N–H and O–H groups in total. The predicted octanol–water partition coefficient (Wildman–Crippen LogP) is 1.82. The van der Waals surface area contributed by atoms with Crippen LogP contribution in [0, 0.1) is 17.0 Å². The van der Waals surface area contributed by atoms with Crippen LogP contribution in [0.1, 0.15) is 18.1 Å². The highest BCUT2D eigenvalue weighted by Crippen LogP contribution is 2.51. The van der Waals surface area contributed by atoms with Crippen LogP contribution in [0.2, 0.25) is 0 Å². The van der Waals surface area contributed by atoms with Gasteiger partial charge in [-0.1, -0.05) is 30.0 Å². The second-order valence-electron chi connectivity index (χ2n) is 6.56. The van der Waals surface area contributed by atoms with Crippen molar-refractivity contribution in [1.82, 2.24) is 0 Å². The summed E-state index contributed by atoms with van der Waals surface area (Å²) in [6, 6.07) is 14.2. The maximum Gasteiger partial charge on any atom is 0.288 e. The molecule has 1 aromatic heterocycles. The summed E-state index contributed by atoms with van der Waals surface area (Å²) in [6.45, 7) is 4.62. The normalized spacial score (nSPS) is 14.2. The van der Waals surface area contributed by atoms with Crippen molar-refractivity contribution < 1.29 is 33.5 Å². The minimum Gasteiger partial charge on any atom is -1.00 e. The van der Waals surface area contributed by atoms with E-state index in [-0.39, 0.29) is 34.6 Å². The maximum absolute atomic E-state index is 11.6. The van der Waals surface area contributed by atoms with Crippen LogP contribution in [-0.2, 0) is 7.05 Å². The van der Waals surface area contributed by atoms with Gasteiger partial charge in [-0.25, -0.2) is 4.57 Å². The number of aryl methyl sites for hydroxylation is 2. The molecular weight excluding hydrogens is 485 g/mol. The molecule has 4 rings (SSSR count). The van der Waals surface area contributed by atoms with Crippen molar-refractivity contribution in [2.24, 2.45) is 7.05 Å². The van der Waals surface area contributed by atoms with Gasteiger partial charge in [0.05, 0.1) is 21.0 Å². The molecule has 0 fully saturated rings. The largest absolute Gasteiger partial charge is 1.00 e. The summed E-state index contributed by atoms with van der Waals surface area (Å²) >= 11 is 1.48. The Kier molecular flexibility index (Phi) is 5.95. The number of fused-ring (bicyclic) bond motifs is 2. The minimum absolute atomic E-state index is 0. The van der Waals surface area contributed by atoms with Gasteiger partial charge in [0.25, 0.3) is 5.69 Å². The van der Waals surface area contributed by atoms with Crippen LogP contribution in [0.15, 0.2) is 58.6 Å². The van der Waals surface area contributed by atoms with E-state index in [1.54, 1.807) is 6.92 Å². The summed E-state index contributed by atoms with van der Waals surface area (Å²) in [4.78, 5) is 14.2. The molecule has 0 atom stereocenters. The third-order valence-corrected chi connectivity index (χ3v) is 6.08. The summed E-state index contributed by atoms with van der Waals surface area (Å²) in [6.07, 6.45) is 4.18. The first kappa shape index (κ1) is 20.6.